The van der Waals surface area contributed by atoms with Crippen LogP contribution < -0.4 is 5.32 Å². The number of fused-ring (bicyclic) bond motifs is 1. The van der Waals surface area contributed by atoms with Crippen molar-refractivity contribution >= 4 is 17.4 Å². The van der Waals surface area contributed by atoms with Crippen LogP contribution in [0.2, 0.25) is 0 Å². The molecule has 140 valence electrons. The van der Waals surface area contributed by atoms with Crippen LogP contribution in [0.3, 0.4) is 0 Å². The van der Waals surface area contributed by atoms with Crippen LogP contribution >= 0.6 is 0 Å². The molecule has 1 aromatic carbocycles. The number of hydrogen-bond donors (Lipinski definition) is 1. The Bertz CT molecular complexity index is 905. The minimum Gasteiger partial charge on any atom is -0.466 e. The van der Waals surface area contributed by atoms with Crippen molar-refractivity contribution in [1.82, 2.24) is 4.90 Å². The highest BCUT2D eigenvalue weighted by atomic mass is 16.5. The Morgan fingerprint density at radius 2 is 2.22 bits per heavy atom. The molecule has 0 unspecified atom stereocenters. The van der Waals surface area contributed by atoms with Crippen molar-refractivity contribution in [1.29, 1.82) is 0 Å². The zero-order valence-electron chi connectivity index (χ0n) is 15.6. The number of hydrogen-bond acceptors (Lipinski definition) is 5. The molecule has 2 saturated heterocycles. The van der Waals surface area contributed by atoms with Gasteiger partial charge in [0.25, 0.3) is 0 Å². The molecular formula is C22H24N2O3. The van der Waals surface area contributed by atoms with E-state index in [1.165, 1.54) is 12.7 Å². The molecule has 1 aliphatic carbocycles. The van der Waals surface area contributed by atoms with Gasteiger partial charge in [0, 0.05) is 30.4 Å². The van der Waals surface area contributed by atoms with E-state index in [0.29, 0.717) is 24.8 Å². The topological polar surface area (TPSA) is 58.6 Å². The predicted molar refractivity (Wildman–Crippen MR) is 102 cm³/mol. The zero-order chi connectivity index (χ0) is 18.8. The van der Waals surface area contributed by atoms with Gasteiger partial charge < -0.3 is 10.1 Å². The van der Waals surface area contributed by atoms with Crippen molar-refractivity contribution < 1.29 is 14.3 Å². The Morgan fingerprint density at radius 1 is 1.41 bits per heavy atom. The number of para-hydroxylation sites is 1. The van der Waals surface area contributed by atoms with Crippen LogP contribution in [0, 0.1) is 5.41 Å². The number of carbonyl (C=O) groups excluding carboxylic acids is 2. The zero-order valence-corrected chi connectivity index (χ0v) is 15.6. The first-order chi connectivity index (χ1) is 13.1. The molecule has 1 aromatic rings. The molecule has 0 aromatic heterocycles. The standard InChI is InChI=1S/C22H24N2O3/c1-3-9-21-13-14(19(26)27-2)18-22(15-6-4-5-7-16(15)23-18)10-12-24(20(21)22)11-8-17(21)25/h3-7,20,23H,1,8-13H2,2H3/t20-,21+,22-/m1/s1. The number of rotatable bonds is 3. The van der Waals surface area contributed by atoms with Crippen molar-refractivity contribution in [3.63, 3.8) is 0 Å². The number of nitrogens with one attached hydrogen (secondary N) is 1. The molecule has 3 aliphatic heterocycles. The number of esters is 1. The van der Waals surface area contributed by atoms with Gasteiger partial charge in [-0.2, -0.15) is 0 Å². The second kappa shape index (κ2) is 5.55. The monoisotopic (exact) mass is 364 g/mol. The highest BCUT2D eigenvalue weighted by Crippen LogP contribution is 2.64. The van der Waals surface area contributed by atoms with E-state index in [1.807, 2.05) is 18.2 Å². The number of carbonyl (C=O) groups is 2. The average Bonchev–Trinajstić information content (AvgIpc) is 3.24. The lowest BCUT2D eigenvalue weighted by Crippen LogP contribution is -2.63. The highest BCUT2D eigenvalue weighted by Gasteiger charge is 2.68. The fraction of sp³-hybridized carbons (Fsp3) is 0.455. The largest absolute Gasteiger partial charge is 0.466 e. The van der Waals surface area contributed by atoms with Crippen LogP contribution in [0.1, 0.15) is 31.2 Å². The summed E-state index contributed by atoms with van der Waals surface area (Å²) < 4.78 is 5.15. The van der Waals surface area contributed by atoms with Crippen LogP contribution in [0.25, 0.3) is 0 Å². The molecule has 2 fully saturated rings. The number of ether oxygens (including phenoxy) is 1. The van der Waals surface area contributed by atoms with Crippen molar-refractivity contribution in [2.45, 2.75) is 37.1 Å². The Balaban J connectivity index is 1.84. The van der Waals surface area contributed by atoms with Gasteiger partial charge in [-0.15, -0.1) is 6.58 Å². The maximum absolute atomic E-state index is 13.3. The lowest BCUT2D eigenvalue weighted by Gasteiger charge is -2.54. The summed E-state index contributed by atoms with van der Waals surface area (Å²) in [7, 11) is 1.42. The van der Waals surface area contributed by atoms with E-state index < -0.39 is 5.41 Å². The summed E-state index contributed by atoms with van der Waals surface area (Å²) in [5, 5.41) is 3.54. The van der Waals surface area contributed by atoms with Gasteiger partial charge >= 0.3 is 5.97 Å². The number of piperidine rings is 1. The normalized spacial score (nSPS) is 33.8. The van der Waals surface area contributed by atoms with Crippen LogP contribution in [0.15, 0.2) is 48.2 Å². The number of methoxy groups -OCH3 is 1. The molecule has 0 radical (unpaired) electrons. The molecule has 1 spiro atoms. The number of anilines is 1. The number of benzene rings is 1. The summed E-state index contributed by atoms with van der Waals surface area (Å²) in [6.07, 6.45) is 4.30. The van der Waals surface area contributed by atoms with Gasteiger partial charge in [-0.05, 0) is 37.4 Å². The van der Waals surface area contributed by atoms with E-state index in [2.05, 4.69) is 28.9 Å². The van der Waals surface area contributed by atoms with Crippen molar-refractivity contribution in [2.24, 2.45) is 5.41 Å². The summed E-state index contributed by atoms with van der Waals surface area (Å²) in [6, 6.07) is 8.33. The highest BCUT2D eigenvalue weighted by molar-refractivity contribution is 5.97. The van der Waals surface area contributed by atoms with Gasteiger partial charge in [0.15, 0.2) is 0 Å². The first-order valence-corrected chi connectivity index (χ1v) is 9.65. The third-order valence-electron chi connectivity index (χ3n) is 7.18. The van der Waals surface area contributed by atoms with Gasteiger partial charge in [0.1, 0.15) is 5.78 Å². The molecule has 5 nitrogen and oxygen atoms in total. The SMILES string of the molecule is C=CC[C@]12CC(C(=O)OC)=C3Nc4ccccc4[C@]34CCN(CCC1=O)[C@H]24. The molecule has 27 heavy (non-hydrogen) atoms. The lowest BCUT2D eigenvalue weighted by molar-refractivity contribution is -0.142. The maximum atomic E-state index is 13.3. The number of Topliss-reactive ketones (excluding diaryl/α,β-unsaturated/α-hetero) is 1. The Labute approximate surface area is 159 Å². The quantitative estimate of drug-likeness (QED) is 0.660. The van der Waals surface area contributed by atoms with Crippen LogP contribution in [0.4, 0.5) is 5.69 Å². The molecule has 0 saturated carbocycles. The smallest absolute Gasteiger partial charge is 0.335 e. The Hall–Kier alpha value is -2.40. The summed E-state index contributed by atoms with van der Waals surface area (Å²) >= 11 is 0. The van der Waals surface area contributed by atoms with Gasteiger partial charge in [0.2, 0.25) is 0 Å². The van der Waals surface area contributed by atoms with E-state index >= 15 is 0 Å². The second-order valence-corrected chi connectivity index (χ2v) is 8.17. The molecule has 0 amide bonds. The van der Waals surface area contributed by atoms with Crippen LogP contribution in [-0.4, -0.2) is 42.9 Å². The van der Waals surface area contributed by atoms with E-state index in [9.17, 15) is 9.59 Å². The lowest BCUT2D eigenvalue weighted by atomic mass is 9.53. The van der Waals surface area contributed by atoms with Gasteiger partial charge in [-0.1, -0.05) is 24.3 Å². The number of allylic oxidation sites excluding steroid dienone is 1. The number of nitrogens with zero attached hydrogens (tertiary/aromatic N) is 1. The van der Waals surface area contributed by atoms with Crippen molar-refractivity contribution in [2.75, 3.05) is 25.5 Å². The van der Waals surface area contributed by atoms with Gasteiger partial charge in [-0.3, -0.25) is 9.69 Å². The Kier molecular flexibility index (Phi) is 3.44. The minimum absolute atomic E-state index is 0.0591. The average molecular weight is 364 g/mol. The summed E-state index contributed by atoms with van der Waals surface area (Å²) in [4.78, 5) is 28.6. The van der Waals surface area contributed by atoms with Gasteiger partial charge in [0.05, 0.1) is 23.5 Å². The van der Waals surface area contributed by atoms with Crippen LogP contribution in [0.5, 0.6) is 0 Å². The van der Waals surface area contributed by atoms with E-state index in [1.54, 1.807) is 0 Å². The third-order valence-corrected chi connectivity index (χ3v) is 7.18. The van der Waals surface area contributed by atoms with Crippen molar-refractivity contribution in [3.05, 3.63) is 53.8 Å². The molecule has 5 rings (SSSR count). The summed E-state index contributed by atoms with van der Waals surface area (Å²) in [5.74, 6) is -0.0712. The third kappa shape index (κ3) is 1.88. The van der Waals surface area contributed by atoms with Crippen LogP contribution in [-0.2, 0) is 19.7 Å². The first kappa shape index (κ1) is 16.8. The summed E-state index contributed by atoms with van der Waals surface area (Å²) in [6.45, 7) is 5.68. The van der Waals surface area contributed by atoms with E-state index in [4.69, 9.17) is 4.74 Å². The Morgan fingerprint density at radius 3 is 3.00 bits per heavy atom. The molecule has 0 bridgehead atoms. The van der Waals surface area contributed by atoms with Gasteiger partial charge in [-0.25, -0.2) is 4.79 Å². The second-order valence-electron chi connectivity index (χ2n) is 8.17. The predicted octanol–water partition coefficient (Wildman–Crippen LogP) is 2.79. The minimum atomic E-state index is -0.608. The first-order valence-electron chi connectivity index (χ1n) is 9.65. The molecule has 5 heteroatoms. The molecule has 3 heterocycles. The molecule has 3 atom stereocenters. The fourth-order valence-corrected chi connectivity index (χ4v) is 6.31. The molecule has 4 aliphatic rings. The maximum Gasteiger partial charge on any atom is 0.335 e. The number of ketones is 1. The van der Waals surface area contributed by atoms with E-state index in [-0.39, 0.29) is 23.2 Å². The fourth-order valence-electron chi connectivity index (χ4n) is 6.31. The van der Waals surface area contributed by atoms with Crippen molar-refractivity contribution in [3.8, 4) is 0 Å². The van der Waals surface area contributed by atoms with E-state index in [0.717, 1.165) is 30.9 Å². The molecular weight excluding hydrogens is 340 g/mol. The molecule has 1 N–H and O–H groups in total. The summed E-state index contributed by atoms with van der Waals surface area (Å²) in [5.41, 5.74) is 2.88.